The molecule has 1 aromatic heterocycles. The van der Waals surface area contributed by atoms with Gasteiger partial charge in [-0.2, -0.15) is 0 Å². The Labute approximate surface area is 128 Å². The molecule has 1 aliphatic rings. The Balaban J connectivity index is 1.84. The number of hydrogen-bond acceptors (Lipinski definition) is 1. The minimum atomic E-state index is 0.652. The van der Waals surface area contributed by atoms with Crippen LogP contribution in [-0.2, 0) is 6.42 Å². The molecule has 1 fully saturated rings. The van der Waals surface area contributed by atoms with Crippen LogP contribution in [0.3, 0.4) is 0 Å². The van der Waals surface area contributed by atoms with Crippen LogP contribution in [0, 0.1) is 5.92 Å². The minimum absolute atomic E-state index is 0.652. The van der Waals surface area contributed by atoms with Crippen molar-refractivity contribution in [2.24, 2.45) is 5.92 Å². The van der Waals surface area contributed by atoms with Crippen molar-refractivity contribution in [2.75, 3.05) is 0 Å². The van der Waals surface area contributed by atoms with E-state index in [0.29, 0.717) is 11.8 Å². The molecule has 1 nitrogen and oxygen atoms in total. The molecule has 20 heavy (non-hydrogen) atoms. The van der Waals surface area contributed by atoms with Crippen LogP contribution in [0.2, 0.25) is 0 Å². The Morgan fingerprint density at radius 3 is 2.60 bits per heavy atom. The van der Waals surface area contributed by atoms with Crippen molar-refractivity contribution in [1.29, 1.82) is 0 Å². The van der Waals surface area contributed by atoms with E-state index in [1.807, 2.05) is 0 Å². The molecule has 0 spiro atoms. The smallest absolute Gasteiger partial charge is 0.0434 e. The van der Waals surface area contributed by atoms with Gasteiger partial charge in [0.15, 0.2) is 0 Å². The maximum atomic E-state index is 5.66. The van der Waals surface area contributed by atoms with Gasteiger partial charge in [-0.15, -0.1) is 0 Å². The first-order chi connectivity index (χ1) is 9.83. The van der Waals surface area contributed by atoms with Gasteiger partial charge in [0, 0.05) is 23.3 Å². The topological polar surface area (TPSA) is 12.9 Å². The molecule has 1 saturated carbocycles. The number of hydrogen-bond donors (Lipinski definition) is 0. The van der Waals surface area contributed by atoms with Crippen LogP contribution in [0.5, 0.6) is 0 Å². The SMILES string of the molecule is CCCCCc1ccc(C2CCC(C=CCl)CC2)nc1. The monoisotopic (exact) mass is 291 g/mol. The van der Waals surface area contributed by atoms with Crippen molar-refractivity contribution in [3.63, 3.8) is 0 Å². The minimum Gasteiger partial charge on any atom is -0.261 e. The summed E-state index contributed by atoms with van der Waals surface area (Å²) < 4.78 is 0. The molecular weight excluding hydrogens is 266 g/mol. The molecule has 1 heterocycles. The quantitative estimate of drug-likeness (QED) is 0.600. The zero-order valence-corrected chi connectivity index (χ0v) is 13.3. The molecule has 0 bridgehead atoms. The van der Waals surface area contributed by atoms with E-state index in [-0.39, 0.29) is 0 Å². The summed E-state index contributed by atoms with van der Waals surface area (Å²) in [5.41, 5.74) is 4.35. The molecule has 0 unspecified atom stereocenters. The van der Waals surface area contributed by atoms with E-state index in [9.17, 15) is 0 Å². The summed E-state index contributed by atoms with van der Waals surface area (Å²) in [6.45, 7) is 2.25. The first-order valence-electron chi connectivity index (χ1n) is 8.05. The van der Waals surface area contributed by atoms with Crippen LogP contribution in [0.4, 0.5) is 0 Å². The van der Waals surface area contributed by atoms with Gasteiger partial charge in [-0.05, 0) is 56.1 Å². The lowest BCUT2D eigenvalue weighted by Gasteiger charge is -2.26. The van der Waals surface area contributed by atoms with Gasteiger partial charge in [0.2, 0.25) is 0 Å². The first-order valence-corrected chi connectivity index (χ1v) is 8.48. The number of halogens is 1. The number of unbranched alkanes of at least 4 members (excludes halogenated alkanes) is 2. The van der Waals surface area contributed by atoms with E-state index in [1.165, 1.54) is 62.6 Å². The number of allylic oxidation sites excluding steroid dienone is 1. The Kier molecular flexibility index (Phi) is 6.59. The Bertz CT molecular complexity index is 402. The lowest BCUT2D eigenvalue weighted by atomic mass is 9.80. The molecule has 0 saturated heterocycles. The van der Waals surface area contributed by atoms with Gasteiger partial charge in [-0.1, -0.05) is 43.5 Å². The molecule has 0 N–H and O–H groups in total. The van der Waals surface area contributed by atoms with Gasteiger partial charge in [0.25, 0.3) is 0 Å². The van der Waals surface area contributed by atoms with Crippen LogP contribution >= 0.6 is 11.6 Å². The highest BCUT2D eigenvalue weighted by atomic mass is 35.5. The van der Waals surface area contributed by atoms with Crippen LogP contribution in [0.15, 0.2) is 29.9 Å². The van der Waals surface area contributed by atoms with Crippen molar-refractivity contribution in [3.05, 3.63) is 41.2 Å². The fourth-order valence-electron chi connectivity index (χ4n) is 3.11. The summed E-state index contributed by atoms with van der Waals surface area (Å²) in [5.74, 6) is 1.33. The summed E-state index contributed by atoms with van der Waals surface area (Å²) in [7, 11) is 0. The molecule has 2 heteroatoms. The molecule has 0 atom stereocenters. The fraction of sp³-hybridized carbons (Fsp3) is 0.611. The summed E-state index contributed by atoms with van der Waals surface area (Å²) in [4.78, 5) is 4.71. The number of rotatable bonds is 6. The molecule has 110 valence electrons. The fourth-order valence-corrected chi connectivity index (χ4v) is 3.32. The standard InChI is InChI=1S/C18H26ClN/c1-2-3-4-5-16-8-11-18(20-14-16)17-9-6-15(7-10-17)12-13-19/h8,11-15,17H,2-7,9-10H2,1H3. The van der Waals surface area contributed by atoms with Crippen molar-refractivity contribution in [1.82, 2.24) is 4.98 Å². The zero-order valence-electron chi connectivity index (χ0n) is 12.5. The summed E-state index contributed by atoms with van der Waals surface area (Å²) >= 11 is 5.66. The molecule has 1 aliphatic carbocycles. The second-order valence-electron chi connectivity index (χ2n) is 5.98. The molecule has 0 radical (unpaired) electrons. The highest BCUT2D eigenvalue weighted by molar-refractivity contribution is 6.25. The number of nitrogens with zero attached hydrogens (tertiary/aromatic N) is 1. The normalized spacial score (nSPS) is 23.3. The van der Waals surface area contributed by atoms with Crippen molar-refractivity contribution < 1.29 is 0 Å². The van der Waals surface area contributed by atoms with Crippen molar-refractivity contribution in [3.8, 4) is 0 Å². The summed E-state index contributed by atoms with van der Waals surface area (Å²) in [5, 5.41) is 0. The van der Waals surface area contributed by atoms with Gasteiger partial charge in [0.1, 0.15) is 0 Å². The van der Waals surface area contributed by atoms with Crippen LogP contribution in [0.1, 0.15) is 69.0 Å². The molecular formula is C18H26ClN. The van der Waals surface area contributed by atoms with Gasteiger partial charge in [-0.25, -0.2) is 0 Å². The van der Waals surface area contributed by atoms with E-state index in [4.69, 9.17) is 16.6 Å². The third kappa shape index (κ3) is 4.63. The predicted octanol–water partition coefficient (Wildman–Crippen LogP) is 5.84. The lowest BCUT2D eigenvalue weighted by Crippen LogP contribution is -2.12. The molecule has 1 aromatic rings. The predicted molar refractivity (Wildman–Crippen MR) is 87.2 cm³/mol. The van der Waals surface area contributed by atoms with Gasteiger partial charge in [0.05, 0.1) is 0 Å². The Morgan fingerprint density at radius 2 is 2.00 bits per heavy atom. The van der Waals surface area contributed by atoms with E-state index >= 15 is 0 Å². The number of aryl methyl sites for hydroxylation is 1. The van der Waals surface area contributed by atoms with E-state index in [0.717, 1.165) is 0 Å². The molecule has 2 rings (SSSR count). The van der Waals surface area contributed by atoms with Crippen LogP contribution in [0.25, 0.3) is 0 Å². The second kappa shape index (κ2) is 8.46. The molecule has 0 amide bonds. The van der Waals surface area contributed by atoms with E-state index < -0.39 is 0 Å². The average Bonchev–Trinajstić information content (AvgIpc) is 2.49. The summed E-state index contributed by atoms with van der Waals surface area (Å²) in [6.07, 6.45) is 14.3. The maximum Gasteiger partial charge on any atom is 0.0434 e. The largest absolute Gasteiger partial charge is 0.261 e. The average molecular weight is 292 g/mol. The van der Waals surface area contributed by atoms with Crippen LogP contribution < -0.4 is 0 Å². The number of pyridine rings is 1. The Morgan fingerprint density at radius 1 is 1.20 bits per heavy atom. The van der Waals surface area contributed by atoms with Gasteiger partial charge >= 0.3 is 0 Å². The number of aromatic nitrogens is 1. The molecule has 0 aromatic carbocycles. The van der Waals surface area contributed by atoms with E-state index in [1.54, 1.807) is 5.54 Å². The highest BCUT2D eigenvalue weighted by Gasteiger charge is 2.21. The highest BCUT2D eigenvalue weighted by Crippen LogP contribution is 2.35. The lowest BCUT2D eigenvalue weighted by molar-refractivity contribution is 0.371. The Hall–Kier alpha value is -0.820. The summed E-state index contributed by atoms with van der Waals surface area (Å²) in [6, 6.07) is 4.53. The first kappa shape index (κ1) is 15.6. The van der Waals surface area contributed by atoms with Crippen molar-refractivity contribution in [2.45, 2.75) is 64.2 Å². The van der Waals surface area contributed by atoms with Gasteiger partial charge in [-0.3, -0.25) is 4.98 Å². The third-order valence-corrected chi connectivity index (χ3v) is 4.60. The zero-order chi connectivity index (χ0) is 14.2. The second-order valence-corrected chi connectivity index (χ2v) is 6.23. The third-order valence-electron chi connectivity index (χ3n) is 4.45. The van der Waals surface area contributed by atoms with Crippen LogP contribution in [-0.4, -0.2) is 4.98 Å². The van der Waals surface area contributed by atoms with E-state index in [2.05, 4.69) is 31.3 Å². The van der Waals surface area contributed by atoms with Gasteiger partial charge < -0.3 is 0 Å². The maximum absolute atomic E-state index is 5.66. The van der Waals surface area contributed by atoms with Crippen molar-refractivity contribution >= 4 is 11.6 Å². The molecule has 0 aliphatic heterocycles.